The first-order valence-electron chi connectivity index (χ1n) is 9.10. The summed E-state index contributed by atoms with van der Waals surface area (Å²) in [5.74, 6) is 0.148. The van der Waals surface area contributed by atoms with E-state index in [0.717, 1.165) is 35.4 Å². The van der Waals surface area contributed by atoms with E-state index < -0.39 is 0 Å². The standard InChI is InChI=1S/C20H24BrN3O2S.ClH/c1-5-23(6-2)9-10-24(19(25)15-7-8-17(21)26-15)20-22-18-14(4)11-13(3)12-16(18)27-20;/h7-8,11-12H,5-6,9-10H2,1-4H3;1H. The monoisotopic (exact) mass is 485 g/mol. The zero-order valence-corrected chi connectivity index (χ0v) is 19.7. The average Bonchev–Trinajstić information content (AvgIpc) is 3.25. The number of furan rings is 1. The summed E-state index contributed by atoms with van der Waals surface area (Å²) >= 11 is 4.83. The molecule has 0 aliphatic carbocycles. The molecule has 0 atom stereocenters. The van der Waals surface area contributed by atoms with Gasteiger partial charge in [-0.1, -0.05) is 31.3 Å². The lowest BCUT2D eigenvalue weighted by atomic mass is 10.1. The number of aromatic nitrogens is 1. The van der Waals surface area contributed by atoms with Crippen LogP contribution in [-0.4, -0.2) is 42.0 Å². The van der Waals surface area contributed by atoms with Crippen molar-refractivity contribution in [1.29, 1.82) is 0 Å². The highest BCUT2D eigenvalue weighted by Gasteiger charge is 2.24. The third kappa shape index (κ3) is 4.95. The van der Waals surface area contributed by atoms with Crippen LogP contribution in [0.5, 0.6) is 0 Å². The van der Waals surface area contributed by atoms with Gasteiger partial charge in [-0.05, 0) is 72.2 Å². The van der Waals surface area contributed by atoms with Gasteiger partial charge in [-0.2, -0.15) is 0 Å². The maximum atomic E-state index is 13.1. The number of halogens is 2. The number of rotatable bonds is 7. The Bertz CT molecular complexity index is 952. The molecule has 0 saturated heterocycles. The number of fused-ring (bicyclic) bond motifs is 1. The third-order valence-corrected chi connectivity index (χ3v) is 6.06. The third-order valence-electron chi connectivity index (χ3n) is 4.61. The second-order valence-corrected chi connectivity index (χ2v) is 8.30. The van der Waals surface area contributed by atoms with Gasteiger partial charge in [0.2, 0.25) is 0 Å². The smallest absolute Gasteiger partial charge is 0.295 e. The topological polar surface area (TPSA) is 49.6 Å². The molecule has 0 spiro atoms. The molecule has 5 nitrogen and oxygen atoms in total. The van der Waals surface area contributed by atoms with Gasteiger partial charge in [0.25, 0.3) is 5.91 Å². The predicted octanol–water partition coefficient (Wildman–Crippen LogP) is 5.68. The fourth-order valence-corrected chi connectivity index (χ4v) is 4.57. The Labute approximate surface area is 184 Å². The second kappa shape index (κ2) is 9.87. The molecule has 0 saturated carbocycles. The lowest BCUT2D eigenvalue weighted by Crippen LogP contribution is -2.38. The molecule has 8 heteroatoms. The number of thiazole rings is 1. The van der Waals surface area contributed by atoms with E-state index in [9.17, 15) is 4.79 Å². The molecule has 0 bridgehead atoms. The number of aryl methyl sites for hydroxylation is 2. The van der Waals surface area contributed by atoms with E-state index in [1.165, 1.54) is 5.56 Å². The van der Waals surface area contributed by atoms with E-state index in [4.69, 9.17) is 9.40 Å². The molecule has 1 aromatic carbocycles. The van der Waals surface area contributed by atoms with Crippen molar-refractivity contribution in [1.82, 2.24) is 9.88 Å². The van der Waals surface area contributed by atoms with Gasteiger partial charge in [0, 0.05) is 13.1 Å². The van der Waals surface area contributed by atoms with Crippen molar-refractivity contribution in [3.05, 3.63) is 45.8 Å². The van der Waals surface area contributed by atoms with E-state index in [1.807, 2.05) is 0 Å². The first-order chi connectivity index (χ1) is 12.9. The molecule has 2 heterocycles. The Morgan fingerprint density at radius 1 is 1.18 bits per heavy atom. The first-order valence-corrected chi connectivity index (χ1v) is 10.7. The summed E-state index contributed by atoms with van der Waals surface area (Å²) in [6.07, 6.45) is 0. The van der Waals surface area contributed by atoms with Gasteiger partial charge >= 0.3 is 0 Å². The summed E-state index contributed by atoms with van der Waals surface area (Å²) in [5.41, 5.74) is 3.29. The number of anilines is 1. The summed E-state index contributed by atoms with van der Waals surface area (Å²) in [4.78, 5) is 22.0. The molecule has 3 aromatic rings. The number of carbonyl (C=O) groups excluding carboxylic acids is 1. The maximum Gasteiger partial charge on any atom is 0.295 e. The van der Waals surface area contributed by atoms with Crippen LogP contribution < -0.4 is 4.90 Å². The molecule has 0 fully saturated rings. The lowest BCUT2D eigenvalue weighted by Gasteiger charge is -2.24. The second-order valence-electron chi connectivity index (χ2n) is 6.51. The van der Waals surface area contributed by atoms with Gasteiger partial charge in [-0.25, -0.2) is 4.98 Å². The molecule has 0 unspecified atom stereocenters. The van der Waals surface area contributed by atoms with Crippen LogP contribution in [0.15, 0.2) is 33.4 Å². The molecular formula is C20H25BrClN3O2S. The SMILES string of the molecule is CCN(CC)CCN(C(=O)c1ccc(Br)o1)c1nc2c(C)cc(C)cc2s1.Cl. The summed E-state index contributed by atoms with van der Waals surface area (Å²) in [7, 11) is 0. The van der Waals surface area contributed by atoms with Crippen molar-refractivity contribution in [2.75, 3.05) is 31.1 Å². The highest BCUT2D eigenvalue weighted by atomic mass is 79.9. The Morgan fingerprint density at radius 3 is 2.50 bits per heavy atom. The van der Waals surface area contributed by atoms with Crippen molar-refractivity contribution in [3.63, 3.8) is 0 Å². The van der Waals surface area contributed by atoms with Crippen LogP contribution in [0.3, 0.4) is 0 Å². The number of hydrogen-bond donors (Lipinski definition) is 0. The van der Waals surface area contributed by atoms with Crippen molar-refractivity contribution < 1.29 is 9.21 Å². The molecule has 0 aliphatic heterocycles. The normalized spacial score (nSPS) is 11.1. The predicted molar refractivity (Wildman–Crippen MR) is 122 cm³/mol. The van der Waals surface area contributed by atoms with Crippen LogP contribution in [0, 0.1) is 13.8 Å². The Morgan fingerprint density at radius 2 is 1.89 bits per heavy atom. The minimum Gasteiger partial charge on any atom is -0.444 e. The van der Waals surface area contributed by atoms with E-state index in [1.54, 1.807) is 28.4 Å². The van der Waals surface area contributed by atoms with E-state index >= 15 is 0 Å². The van der Waals surface area contributed by atoms with Crippen LogP contribution in [0.4, 0.5) is 5.13 Å². The fraction of sp³-hybridized carbons (Fsp3) is 0.400. The first kappa shape index (κ1) is 22.9. The fourth-order valence-electron chi connectivity index (χ4n) is 3.10. The van der Waals surface area contributed by atoms with E-state index in [0.29, 0.717) is 22.1 Å². The molecule has 0 N–H and O–H groups in total. The van der Waals surface area contributed by atoms with Gasteiger partial charge in [-0.3, -0.25) is 9.69 Å². The molecule has 0 radical (unpaired) electrons. The molecule has 2 aromatic heterocycles. The highest BCUT2D eigenvalue weighted by Crippen LogP contribution is 2.32. The number of likely N-dealkylation sites (N-methyl/N-ethyl adjacent to an activating group) is 1. The average molecular weight is 487 g/mol. The summed E-state index contributed by atoms with van der Waals surface area (Å²) in [6, 6.07) is 7.68. The molecule has 3 rings (SSSR count). The quantitative estimate of drug-likeness (QED) is 0.431. The van der Waals surface area contributed by atoms with Crippen LogP contribution in [0.2, 0.25) is 0 Å². The van der Waals surface area contributed by atoms with Crippen LogP contribution in [0.1, 0.15) is 35.5 Å². The molecule has 28 heavy (non-hydrogen) atoms. The van der Waals surface area contributed by atoms with Gasteiger partial charge in [0.05, 0.1) is 10.2 Å². The minimum absolute atomic E-state index is 0. The van der Waals surface area contributed by atoms with Crippen molar-refractivity contribution in [2.45, 2.75) is 27.7 Å². The summed E-state index contributed by atoms with van der Waals surface area (Å²) in [5, 5.41) is 0.711. The van der Waals surface area contributed by atoms with Crippen molar-refractivity contribution >= 4 is 60.9 Å². The van der Waals surface area contributed by atoms with E-state index in [2.05, 4.69) is 60.7 Å². The zero-order chi connectivity index (χ0) is 19.6. The molecule has 0 aliphatic rings. The number of amides is 1. The molecule has 1 amide bonds. The number of nitrogens with zero attached hydrogens (tertiary/aromatic N) is 3. The van der Waals surface area contributed by atoms with Gasteiger partial charge < -0.3 is 9.32 Å². The molecular weight excluding hydrogens is 462 g/mol. The molecule has 152 valence electrons. The Kier molecular flexibility index (Phi) is 8.07. The highest BCUT2D eigenvalue weighted by molar-refractivity contribution is 9.10. The van der Waals surface area contributed by atoms with Crippen LogP contribution >= 0.6 is 39.7 Å². The van der Waals surface area contributed by atoms with Crippen LogP contribution in [-0.2, 0) is 0 Å². The summed E-state index contributed by atoms with van der Waals surface area (Å²) in [6.45, 7) is 11.6. The summed E-state index contributed by atoms with van der Waals surface area (Å²) < 4.78 is 7.16. The Balaban J connectivity index is 0.00000280. The number of benzene rings is 1. The van der Waals surface area contributed by atoms with Gasteiger partial charge in [0.15, 0.2) is 15.6 Å². The number of carbonyl (C=O) groups is 1. The minimum atomic E-state index is -0.165. The zero-order valence-electron chi connectivity index (χ0n) is 16.5. The van der Waals surface area contributed by atoms with Crippen molar-refractivity contribution in [3.8, 4) is 0 Å². The van der Waals surface area contributed by atoms with Crippen molar-refractivity contribution in [2.24, 2.45) is 0 Å². The van der Waals surface area contributed by atoms with Gasteiger partial charge in [0.1, 0.15) is 0 Å². The van der Waals surface area contributed by atoms with Crippen LogP contribution in [0.25, 0.3) is 10.2 Å². The maximum absolute atomic E-state index is 13.1. The van der Waals surface area contributed by atoms with Gasteiger partial charge in [-0.15, -0.1) is 12.4 Å². The lowest BCUT2D eigenvalue weighted by molar-refractivity contribution is 0.0956. The Hall–Kier alpha value is -1.41. The number of hydrogen-bond acceptors (Lipinski definition) is 5. The largest absolute Gasteiger partial charge is 0.444 e. The van der Waals surface area contributed by atoms with E-state index in [-0.39, 0.29) is 18.3 Å².